The molecule has 0 aromatic rings. The van der Waals surface area contributed by atoms with Crippen LogP contribution in [0.4, 0.5) is 0 Å². The van der Waals surface area contributed by atoms with Gasteiger partial charge in [0.25, 0.3) is 0 Å². The predicted octanol–water partition coefficient (Wildman–Crippen LogP) is 6.11. The minimum atomic E-state index is -1.27. The van der Waals surface area contributed by atoms with Gasteiger partial charge in [0, 0.05) is 10.8 Å². The number of rotatable bonds is 2. The summed E-state index contributed by atoms with van der Waals surface area (Å²) < 4.78 is 0. The average Bonchev–Trinajstić information content (AvgIpc) is 2.74. The molecule has 3 rings (SSSR count). The van der Waals surface area contributed by atoms with Gasteiger partial charge in [-0.15, -0.1) is 0 Å². The lowest BCUT2D eigenvalue weighted by Crippen LogP contribution is -2.54. The third kappa shape index (κ3) is 2.05. The number of hydrogen-bond donors (Lipinski definition) is 0. The predicted molar refractivity (Wildman–Crippen MR) is 99.9 cm³/mol. The van der Waals surface area contributed by atoms with Gasteiger partial charge >= 0.3 is 0 Å². The van der Waals surface area contributed by atoms with Crippen LogP contribution >= 0.6 is 0 Å². The summed E-state index contributed by atoms with van der Waals surface area (Å²) >= 11 is 0. The molecule has 21 heavy (non-hydrogen) atoms. The zero-order chi connectivity index (χ0) is 15.5. The van der Waals surface area contributed by atoms with E-state index in [-0.39, 0.29) is 0 Å². The van der Waals surface area contributed by atoms with Crippen LogP contribution in [0.1, 0.15) is 32.1 Å². The quantitative estimate of drug-likeness (QED) is 0.425. The molecule has 0 heterocycles. The molecule has 1 fully saturated rings. The monoisotopic (exact) mass is 316 g/mol. The highest BCUT2D eigenvalue weighted by Crippen LogP contribution is 2.68. The van der Waals surface area contributed by atoms with Crippen LogP contribution in [0.3, 0.4) is 0 Å². The molecule has 0 spiro atoms. The zero-order valence-electron chi connectivity index (χ0n) is 14.8. The fourth-order valence-electron chi connectivity index (χ4n) is 5.61. The molecule has 0 aromatic carbocycles. The molecule has 0 aromatic heterocycles. The Kier molecular flexibility index (Phi) is 3.39. The van der Waals surface area contributed by atoms with Gasteiger partial charge in [0.15, 0.2) is 0 Å². The molecular formula is C19H32Si2. The van der Waals surface area contributed by atoms with Crippen molar-refractivity contribution in [1.82, 2.24) is 0 Å². The maximum atomic E-state index is 2.66. The maximum absolute atomic E-state index is 2.66. The fourth-order valence-corrected chi connectivity index (χ4v) is 10.4. The SMILES string of the molecule is C[Si](C)(C)C1=CC=C([Si](C)(C)C)C23CC=CC12CCCC3. The van der Waals surface area contributed by atoms with Crippen LogP contribution in [-0.4, -0.2) is 16.1 Å². The number of hydrogen-bond acceptors (Lipinski definition) is 0. The Labute approximate surface area is 133 Å². The first kappa shape index (κ1) is 15.5. The first-order chi connectivity index (χ1) is 9.64. The van der Waals surface area contributed by atoms with Crippen molar-refractivity contribution in [2.75, 3.05) is 0 Å². The highest BCUT2D eigenvalue weighted by atomic mass is 28.3. The van der Waals surface area contributed by atoms with E-state index in [1.165, 1.54) is 32.1 Å². The first-order valence-electron chi connectivity index (χ1n) is 8.75. The summed E-state index contributed by atoms with van der Waals surface area (Å²) in [5.41, 5.74) is 0.875. The van der Waals surface area contributed by atoms with Crippen LogP contribution in [-0.2, 0) is 0 Å². The summed E-state index contributed by atoms with van der Waals surface area (Å²) in [6.45, 7) is 15.3. The van der Waals surface area contributed by atoms with E-state index in [0.717, 1.165) is 0 Å². The van der Waals surface area contributed by atoms with Crippen molar-refractivity contribution in [1.29, 1.82) is 0 Å². The normalized spacial score (nSPS) is 35.9. The Morgan fingerprint density at radius 1 is 0.810 bits per heavy atom. The van der Waals surface area contributed by atoms with Gasteiger partial charge in [0.2, 0.25) is 0 Å². The lowest BCUT2D eigenvalue weighted by molar-refractivity contribution is 0.124. The molecular weight excluding hydrogens is 284 g/mol. The van der Waals surface area contributed by atoms with E-state index in [2.05, 4.69) is 63.6 Å². The van der Waals surface area contributed by atoms with Crippen molar-refractivity contribution in [3.05, 3.63) is 34.7 Å². The van der Waals surface area contributed by atoms with Crippen LogP contribution in [0, 0.1) is 10.8 Å². The van der Waals surface area contributed by atoms with Gasteiger partial charge in [-0.25, -0.2) is 0 Å². The summed E-state index contributed by atoms with van der Waals surface area (Å²) in [6.07, 6.45) is 17.4. The van der Waals surface area contributed by atoms with Crippen molar-refractivity contribution in [3.8, 4) is 0 Å². The summed E-state index contributed by atoms with van der Waals surface area (Å²) in [5.74, 6) is 0. The third-order valence-corrected chi connectivity index (χ3v) is 10.7. The maximum Gasteiger partial charge on any atom is 0.0736 e. The minimum Gasteiger partial charge on any atom is -0.0867 e. The van der Waals surface area contributed by atoms with Gasteiger partial charge in [-0.05, 0) is 19.3 Å². The van der Waals surface area contributed by atoms with Gasteiger partial charge in [-0.3, -0.25) is 0 Å². The van der Waals surface area contributed by atoms with Crippen molar-refractivity contribution < 1.29 is 0 Å². The van der Waals surface area contributed by atoms with Crippen molar-refractivity contribution >= 4 is 16.1 Å². The average molecular weight is 317 g/mol. The van der Waals surface area contributed by atoms with Crippen molar-refractivity contribution in [2.45, 2.75) is 71.4 Å². The molecule has 0 radical (unpaired) electrons. The molecule has 0 nitrogen and oxygen atoms in total. The fraction of sp³-hybridized carbons (Fsp3) is 0.684. The molecule has 1 saturated carbocycles. The second-order valence-electron chi connectivity index (χ2n) is 9.53. The molecule has 2 atom stereocenters. The second kappa shape index (κ2) is 4.58. The van der Waals surface area contributed by atoms with Crippen LogP contribution in [0.25, 0.3) is 0 Å². The Balaban J connectivity index is 2.25. The van der Waals surface area contributed by atoms with E-state index in [1.54, 1.807) is 0 Å². The Hall–Kier alpha value is -0.346. The van der Waals surface area contributed by atoms with Crippen LogP contribution in [0.2, 0.25) is 39.3 Å². The lowest BCUT2D eigenvalue weighted by Gasteiger charge is -2.58. The molecule has 0 aliphatic heterocycles. The van der Waals surface area contributed by atoms with E-state index >= 15 is 0 Å². The highest BCUT2D eigenvalue weighted by Gasteiger charge is 2.60. The Bertz CT molecular complexity index is 539. The van der Waals surface area contributed by atoms with Crippen LogP contribution in [0.5, 0.6) is 0 Å². The highest BCUT2D eigenvalue weighted by molar-refractivity contribution is 6.85. The molecule has 3 aliphatic carbocycles. The molecule has 116 valence electrons. The standard InChI is InChI=1S/C19H32Si2/c1-20(2,3)16-10-11-17(21(4,5)6)19-13-8-7-12-18(16,19)14-9-15-19/h9-11,14H,7-8,12-13,15H2,1-6H3. The summed E-state index contributed by atoms with van der Waals surface area (Å²) in [4.78, 5) is 0. The molecule has 2 heteroatoms. The van der Waals surface area contributed by atoms with E-state index < -0.39 is 16.1 Å². The molecule has 0 saturated heterocycles. The zero-order valence-corrected chi connectivity index (χ0v) is 16.8. The Morgan fingerprint density at radius 2 is 1.38 bits per heavy atom. The van der Waals surface area contributed by atoms with E-state index in [4.69, 9.17) is 0 Å². The lowest BCUT2D eigenvalue weighted by atomic mass is 9.55. The van der Waals surface area contributed by atoms with Crippen molar-refractivity contribution in [3.63, 3.8) is 0 Å². The third-order valence-electron chi connectivity index (χ3n) is 6.18. The topological polar surface area (TPSA) is 0 Å². The van der Waals surface area contributed by atoms with Gasteiger partial charge in [0.05, 0.1) is 16.1 Å². The summed E-state index contributed by atoms with van der Waals surface area (Å²) in [6, 6.07) is 0. The molecule has 0 amide bonds. The first-order valence-corrected chi connectivity index (χ1v) is 15.8. The second-order valence-corrected chi connectivity index (χ2v) is 19.6. The number of allylic oxidation sites excluding steroid dienone is 6. The van der Waals surface area contributed by atoms with Gasteiger partial charge in [0.1, 0.15) is 0 Å². The van der Waals surface area contributed by atoms with Crippen molar-refractivity contribution in [2.24, 2.45) is 10.8 Å². The molecule has 0 N–H and O–H groups in total. The molecule has 3 aliphatic rings. The summed E-state index contributed by atoms with van der Waals surface area (Å²) in [7, 11) is -2.53. The minimum absolute atomic E-state index is 0.403. The van der Waals surface area contributed by atoms with Gasteiger partial charge < -0.3 is 0 Å². The van der Waals surface area contributed by atoms with Crippen LogP contribution in [0.15, 0.2) is 34.7 Å². The summed E-state index contributed by atoms with van der Waals surface area (Å²) in [5, 5.41) is 3.70. The van der Waals surface area contributed by atoms with E-state index in [0.29, 0.717) is 10.8 Å². The molecule has 0 bridgehead atoms. The molecule has 2 unspecified atom stereocenters. The largest absolute Gasteiger partial charge is 0.0867 e. The Morgan fingerprint density at radius 3 is 2.00 bits per heavy atom. The smallest absolute Gasteiger partial charge is 0.0736 e. The van der Waals surface area contributed by atoms with Gasteiger partial charge in [-0.2, -0.15) is 0 Å². The van der Waals surface area contributed by atoms with Crippen LogP contribution < -0.4 is 0 Å². The van der Waals surface area contributed by atoms with Gasteiger partial charge in [-0.1, -0.05) is 86.8 Å². The van der Waals surface area contributed by atoms with E-state index in [9.17, 15) is 0 Å². The van der Waals surface area contributed by atoms with E-state index in [1.807, 2.05) is 10.4 Å².